The van der Waals surface area contributed by atoms with Crippen LogP contribution in [0.25, 0.3) is 0 Å². The standard InChI is InChI=1S/C27H27NO4/c1-31-22-16-9-8-15-21(22)24(29)25-26(30)28-18-10-17-23(28)27(32-25,19-11-4-2-5-12-19)20-13-6-3-7-14-20/h2-9,11-16,23-25,29H,10,17-18H2,1H3/t23-,24-,25-/m0/s1. The fourth-order valence-corrected chi connectivity index (χ4v) is 5.28. The SMILES string of the molecule is COc1ccccc1[C@H](O)[C@@H]1OC(c2ccccc2)(c2ccccc2)[C@@H]2CCCN2C1=O. The van der Waals surface area contributed by atoms with Gasteiger partial charge in [-0.3, -0.25) is 4.79 Å². The van der Waals surface area contributed by atoms with E-state index in [4.69, 9.17) is 9.47 Å². The molecule has 0 aliphatic carbocycles. The number of aliphatic hydroxyl groups is 1. The zero-order valence-electron chi connectivity index (χ0n) is 18.1. The zero-order chi connectivity index (χ0) is 22.1. The van der Waals surface area contributed by atoms with Gasteiger partial charge in [-0.2, -0.15) is 0 Å². The molecule has 164 valence electrons. The predicted molar refractivity (Wildman–Crippen MR) is 121 cm³/mol. The molecule has 3 aromatic rings. The Hall–Kier alpha value is -3.15. The molecule has 0 radical (unpaired) electrons. The number of para-hydroxylation sites is 1. The Kier molecular flexibility index (Phi) is 5.45. The summed E-state index contributed by atoms with van der Waals surface area (Å²) in [6.45, 7) is 0.656. The van der Waals surface area contributed by atoms with Crippen molar-refractivity contribution in [3.8, 4) is 5.75 Å². The number of carbonyl (C=O) groups is 1. The highest BCUT2D eigenvalue weighted by atomic mass is 16.5. The number of ether oxygens (including phenoxy) is 2. The Balaban J connectivity index is 1.67. The van der Waals surface area contributed by atoms with E-state index in [1.54, 1.807) is 19.2 Å². The van der Waals surface area contributed by atoms with Crippen LogP contribution in [-0.2, 0) is 15.1 Å². The van der Waals surface area contributed by atoms with Gasteiger partial charge in [-0.15, -0.1) is 0 Å². The van der Waals surface area contributed by atoms with Crippen molar-refractivity contribution in [1.29, 1.82) is 0 Å². The highest BCUT2D eigenvalue weighted by molar-refractivity contribution is 5.84. The second-order valence-corrected chi connectivity index (χ2v) is 8.38. The van der Waals surface area contributed by atoms with Gasteiger partial charge in [0.05, 0.1) is 13.2 Å². The third-order valence-electron chi connectivity index (χ3n) is 6.71. The molecule has 2 saturated heterocycles. The predicted octanol–water partition coefficient (Wildman–Crippen LogP) is 4.06. The van der Waals surface area contributed by atoms with Crippen molar-refractivity contribution < 1.29 is 19.4 Å². The molecular formula is C27H27NO4. The molecule has 2 fully saturated rings. The highest BCUT2D eigenvalue weighted by Gasteiger charge is 2.57. The number of methoxy groups -OCH3 is 1. The van der Waals surface area contributed by atoms with E-state index in [-0.39, 0.29) is 11.9 Å². The molecule has 5 rings (SSSR count). The van der Waals surface area contributed by atoms with Crippen molar-refractivity contribution in [3.05, 3.63) is 102 Å². The van der Waals surface area contributed by atoms with Gasteiger partial charge >= 0.3 is 0 Å². The van der Waals surface area contributed by atoms with Gasteiger partial charge in [0.1, 0.15) is 17.5 Å². The molecule has 1 N–H and O–H groups in total. The summed E-state index contributed by atoms with van der Waals surface area (Å²) >= 11 is 0. The van der Waals surface area contributed by atoms with Crippen LogP contribution in [0.2, 0.25) is 0 Å². The first-order valence-electron chi connectivity index (χ1n) is 11.1. The van der Waals surface area contributed by atoms with E-state index in [9.17, 15) is 9.90 Å². The lowest BCUT2D eigenvalue weighted by Crippen LogP contribution is -2.62. The lowest BCUT2D eigenvalue weighted by molar-refractivity contribution is -0.204. The van der Waals surface area contributed by atoms with Crippen LogP contribution in [0, 0.1) is 0 Å². The molecule has 2 heterocycles. The van der Waals surface area contributed by atoms with Gasteiger partial charge in [-0.25, -0.2) is 0 Å². The third-order valence-corrected chi connectivity index (χ3v) is 6.71. The minimum Gasteiger partial charge on any atom is -0.496 e. The van der Waals surface area contributed by atoms with E-state index in [2.05, 4.69) is 0 Å². The van der Waals surface area contributed by atoms with Crippen LogP contribution < -0.4 is 4.74 Å². The molecule has 3 aromatic carbocycles. The van der Waals surface area contributed by atoms with Crippen LogP contribution in [0.5, 0.6) is 5.75 Å². The quantitative estimate of drug-likeness (QED) is 0.665. The molecule has 0 spiro atoms. The molecule has 0 unspecified atom stereocenters. The fourth-order valence-electron chi connectivity index (χ4n) is 5.28. The Morgan fingerprint density at radius 2 is 1.56 bits per heavy atom. The number of morpholine rings is 1. The van der Waals surface area contributed by atoms with Crippen LogP contribution >= 0.6 is 0 Å². The molecule has 0 aromatic heterocycles. The highest BCUT2D eigenvalue weighted by Crippen LogP contribution is 2.49. The summed E-state index contributed by atoms with van der Waals surface area (Å²) in [5, 5.41) is 11.4. The zero-order valence-corrected chi connectivity index (χ0v) is 18.1. The van der Waals surface area contributed by atoms with E-state index < -0.39 is 17.8 Å². The van der Waals surface area contributed by atoms with Crippen molar-refractivity contribution in [2.45, 2.75) is 36.7 Å². The first-order chi connectivity index (χ1) is 15.7. The van der Waals surface area contributed by atoms with Gasteiger partial charge < -0.3 is 19.5 Å². The number of benzene rings is 3. The van der Waals surface area contributed by atoms with Gasteiger partial charge in [0.25, 0.3) is 5.91 Å². The average Bonchev–Trinajstić information content (AvgIpc) is 3.36. The lowest BCUT2D eigenvalue weighted by atomic mass is 9.77. The van der Waals surface area contributed by atoms with Gasteiger partial charge in [0, 0.05) is 12.1 Å². The van der Waals surface area contributed by atoms with Gasteiger partial charge in [0.2, 0.25) is 0 Å². The number of aliphatic hydroxyl groups excluding tert-OH is 1. The van der Waals surface area contributed by atoms with E-state index in [0.29, 0.717) is 17.9 Å². The average molecular weight is 430 g/mol. The van der Waals surface area contributed by atoms with Crippen LogP contribution in [0.3, 0.4) is 0 Å². The molecule has 3 atom stereocenters. The van der Waals surface area contributed by atoms with Crippen molar-refractivity contribution in [3.63, 3.8) is 0 Å². The summed E-state index contributed by atoms with van der Waals surface area (Å²) < 4.78 is 12.3. The number of hydrogen-bond acceptors (Lipinski definition) is 4. The summed E-state index contributed by atoms with van der Waals surface area (Å²) in [4.78, 5) is 15.5. The van der Waals surface area contributed by atoms with Crippen molar-refractivity contribution in [1.82, 2.24) is 4.90 Å². The van der Waals surface area contributed by atoms with Crippen LogP contribution in [0.15, 0.2) is 84.9 Å². The monoisotopic (exact) mass is 429 g/mol. The lowest BCUT2D eigenvalue weighted by Gasteiger charge is -2.51. The summed E-state index contributed by atoms with van der Waals surface area (Å²) in [6, 6.07) is 27.2. The molecule has 32 heavy (non-hydrogen) atoms. The molecule has 0 saturated carbocycles. The molecule has 2 aliphatic rings. The molecule has 5 heteroatoms. The van der Waals surface area contributed by atoms with Crippen LogP contribution in [-0.4, -0.2) is 41.7 Å². The van der Waals surface area contributed by atoms with Gasteiger partial charge in [-0.1, -0.05) is 78.9 Å². The minimum absolute atomic E-state index is 0.138. The van der Waals surface area contributed by atoms with E-state index in [1.807, 2.05) is 77.7 Å². The minimum atomic E-state index is -1.16. The summed E-state index contributed by atoms with van der Waals surface area (Å²) in [6.07, 6.45) is -0.473. The van der Waals surface area contributed by atoms with E-state index in [1.165, 1.54) is 0 Å². The third kappa shape index (κ3) is 3.20. The summed E-state index contributed by atoms with van der Waals surface area (Å²) in [5.41, 5.74) is 1.63. The number of carbonyl (C=O) groups excluding carboxylic acids is 1. The Bertz CT molecular complexity index is 1050. The Labute approximate surface area is 188 Å². The van der Waals surface area contributed by atoms with Crippen LogP contribution in [0.4, 0.5) is 0 Å². The number of rotatable bonds is 5. The first kappa shape index (κ1) is 20.7. The molecule has 2 aliphatic heterocycles. The number of nitrogens with zero attached hydrogens (tertiary/aromatic N) is 1. The normalized spacial score (nSPS) is 22.9. The fraction of sp³-hybridized carbons (Fsp3) is 0.296. The summed E-state index contributed by atoms with van der Waals surface area (Å²) in [7, 11) is 1.56. The molecule has 0 bridgehead atoms. The summed E-state index contributed by atoms with van der Waals surface area (Å²) in [5.74, 6) is 0.360. The van der Waals surface area contributed by atoms with Crippen molar-refractivity contribution in [2.75, 3.05) is 13.7 Å². The largest absolute Gasteiger partial charge is 0.496 e. The second kappa shape index (κ2) is 8.41. The topological polar surface area (TPSA) is 59.0 Å². The Morgan fingerprint density at radius 3 is 2.19 bits per heavy atom. The van der Waals surface area contributed by atoms with Crippen LogP contribution in [0.1, 0.15) is 35.6 Å². The van der Waals surface area contributed by atoms with Crippen molar-refractivity contribution in [2.24, 2.45) is 0 Å². The van der Waals surface area contributed by atoms with E-state index >= 15 is 0 Å². The van der Waals surface area contributed by atoms with Gasteiger partial charge in [0.15, 0.2) is 6.10 Å². The molecule has 1 amide bonds. The second-order valence-electron chi connectivity index (χ2n) is 8.38. The first-order valence-corrected chi connectivity index (χ1v) is 11.1. The van der Waals surface area contributed by atoms with E-state index in [0.717, 1.165) is 24.0 Å². The number of hydrogen-bond donors (Lipinski definition) is 1. The molecular weight excluding hydrogens is 402 g/mol. The smallest absolute Gasteiger partial charge is 0.255 e. The number of amides is 1. The number of fused-ring (bicyclic) bond motifs is 1. The maximum Gasteiger partial charge on any atom is 0.255 e. The van der Waals surface area contributed by atoms with Crippen molar-refractivity contribution >= 4 is 5.91 Å². The maximum atomic E-state index is 13.6. The maximum absolute atomic E-state index is 13.6. The molecule has 5 nitrogen and oxygen atoms in total. The Morgan fingerprint density at radius 1 is 0.969 bits per heavy atom. The van der Waals surface area contributed by atoms with Gasteiger partial charge in [-0.05, 0) is 30.0 Å².